The summed E-state index contributed by atoms with van der Waals surface area (Å²) in [7, 11) is 2.11. The molecule has 0 spiro atoms. The van der Waals surface area contributed by atoms with E-state index in [-0.39, 0.29) is 0 Å². The molecule has 1 aromatic rings. The number of benzene rings is 1. The topological polar surface area (TPSA) is 29.3 Å². The number of nitrogens with two attached hydrogens (primary N) is 1. The maximum Gasteiger partial charge on any atom is 0.0693 e. The van der Waals surface area contributed by atoms with Crippen molar-refractivity contribution < 1.29 is 0 Å². The van der Waals surface area contributed by atoms with E-state index in [2.05, 4.69) is 25.1 Å². The van der Waals surface area contributed by atoms with Crippen molar-refractivity contribution in [1.82, 2.24) is 4.90 Å². The smallest absolute Gasteiger partial charge is 0.0693 e. The highest BCUT2D eigenvalue weighted by atomic mass is 35.5. The molecule has 1 aromatic carbocycles. The van der Waals surface area contributed by atoms with Gasteiger partial charge in [0.2, 0.25) is 0 Å². The van der Waals surface area contributed by atoms with E-state index in [0.29, 0.717) is 21.8 Å². The Morgan fingerprint density at radius 2 is 1.89 bits per heavy atom. The molecule has 1 unspecified atom stereocenters. The monoisotopic (exact) mass is 306 g/mol. The van der Waals surface area contributed by atoms with Gasteiger partial charge in [-0.15, -0.1) is 0 Å². The third-order valence-corrected chi connectivity index (χ3v) is 4.33. The first kappa shape index (κ1) is 16.0. The van der Waals surface area contributed by atoms with Gasteiger partial charge in [-0.05, 0) is 50.1 Å². The summed E-state index contributed by atoms with van der Waals surface area (Å²) >= 11 is 13.9. The lowest BCUT2D eigenvalue weighted by atomic mass is 10.1. The van der Waals surface area contributed by atoms with Gasteiger partial charge in [0.1, 0.15) is 0 Å². The lowest BCUT2D eigenvalue weighted by Crippen LogP contribution is -2.29. The van der Waals surface area contributed by atoms with Crippen LogP contribution in [0.4, 0.5) is 5.69 Å². The highest BCUT2D eigenvalue weighted by Crippen LogP contribution is 2.29. The van der Waals surface area contributed by atoms with E-state index in [9.17, 15) is 0 Å². The highest BCUT2D eigenvalue weighted by Gasteiger charge is 2.11. The van der Waals surface area contributed by atoms with E-state index in [0.717, 1.165) is 12.1 Å². The molecule has 0 aliphatic carbocycles. The number of rotatable bonds is 6. The van der Waals surface area contributed by atoms with Crippen molar-refractivity contribution >= 4 is 40.7 Å². The first-order valence-corrected chi connectivity index (χ1v) is 8.03. The molecule has 0 bridgehead atoms. The fourth-order valence-electron chi connectivity index (χ4n) is 1.68. The Hall–Kier alpha value is -0.0900. The summed E-state index contributed by atoms with van der Waals surface area (Å²) in [6.07, 6.45) is 3.31. The van der Waals surface area contributed by atoms with Crippen molar-refractivity contribution in [3.05, 3.63) is 27.7 Å². The van der Waals surface area contributed by atoms with E-state index in [1.807, 2.05) is 23.9 Å². The minimum absolute atomic E-state index is 0.458. The van der Waals surface area contributed by atoms with Crippen LogP contribution < -0.4 is 5.73 Å². The normalized spacial score (nSPS) is 13.0. The lowest BCUT2D eigenvalue weighted by molar-refractivity contribution is 0.245. The van der Waals surface area contributed by atoms with Crippen molar-refractivity contribution in [3.8, 4) is 0 Å². The van der Waals surface area contributed by atoms with Crippen LogP contribution in [0.25, 0.3) is 0 Å². The second-order valence-electron chi connectivity index (χ2n) is 4.52. The Bertz CT molecular complexity index is 376. The molecule has 2 nitrogen and oxygen atoms in total. The molecule has 5 heteroatoms. The number of nitrogens with zero attached hydrogens (tertiary/aromatic N) is 1. The van der Waals surface area contributed by atoms with Crippen LogP contribution >= 0.6 is 35.0 Å². The van der Waals surface area contributed by atoms with Gasteiger partial charge in [0.25, 0.3) is 0 Å². The quantitative estimate of drug-likeness (QED) is 0.801. The molecule has 0 aliphatic heterocycles. The van der Waals surface area contributed by atoms with Crippen LogP contribution in [0.2, 0.25) is 10.0 Å². The Morgan fingerprint density at radius 3 is 2.39 bits per heavy atom. The third kappa shape index (κ3) is 4.54. The van der Waals surface area contributed by atoms with Gasteiger partial charge in [0, 0.05) is 12.6 Å². The average molecular weight is 307 g/mol. The minimum Gasteiger partial charge on any atom is -0.396 e. The van der Waals surface area contributed by atoms with Gasteiger partial charge in [0.05, 0.1) is 15.7 Å². The summed E-state index contributed by atoms with van der Waals surface area (Å²) in [5, 5.41) is 1.06. The zero-order valence-electron chi connectivity index (χ0n) is 11.0. The molecule has 0 amide bonds. The van der Waals surface area contributed by atoms with Gasteiger partial charge in [-0.2, -0.15) is 11.8 Å². The Balaban J connectivity index is 2.67. The van der Waals surface area contributed by atoms with Crippen LogP contribution in [0.15, 0.2) is 12.1 Å². The largest absolute Gasteiger partial charge is 0.396 e. The molecule has 0 aliphatic rings. The Labute approximate surface area is 124 Å². The van der Waals surface area contributed by atoms with Crippen LogP contribution in [0.5, 0.6) is 0 Å². The van der Waals surface area contributed by atoms with Gasteiger partial charge in [-0.25, -0.2) is 0 Å². The van der Waals surface area contributed by atoms with E-state index in [4.69, 9.17) is 28.9 Å². The number of thioether (sulfide) groups is 1. The number of hydrogen-bond acceptors (Lipinski definition) is 3. The van der Waals surface area contributed by atoms with Crippen LogP contribution in [0.1, 0.15) is 18.9 Å². The molecule has 102 valence electrons. The van der Waals surface area contributed by atoms with Crippen molar-refractivity contribution in [1.29, 1.82) is 0 Å². The van der Waals surface area contributed by atoms with Crippen LogP contribution in [0, 0.1) is 0 Å². The predicted molar refractivity (Wildman–Crippen MR) is 84.8 cm³/mol. The van der Waals surface area contributed by atoms with Gasteiger partial charge >= 0.3 is 0 Å². The van der Waals surface area contributed by atoms with Crippen molar-refractivity contribution in [3.63, 3.8) is 0 Å². The minimum atomic E-state index is 0.458. The van der Waals surface area contributed by atoms with Gasteiger partial charge in [-0.1, -0.05) is 23.2 Å². The molecular formula is C13H20Cl2N2S. The predicted octanol–water partition coefficient (Wildman–Crippen LogP) is 4.15. The molecule has 0 aromatic heterocycles. The number of nitrogen functional groups attached to an aromatic ring is 1. The Morgan fingerprint density at radius 1 is 1.33 bits per heavy atom. The first-order chi connectivity index (χ1) is 8.45. The molecule has 18 heavy (non-hydrogen) atoms. The molecule has 0 saturated heterocycles. The van der Waals surface area contributed by atoms with E-state index in [1.165, 1.54) is 12.2 Å². The molecule has 0 radical (unpaired) electrons. The van der Waals surface area contributed by atoms with Crippen LogP contribution in [0.3, 0.4) is 0 Å². The van der Waals surface area contributed by atoms with E-state index in [1.54, 1.807) is 0 Å². The van der Waals surface area contributed by atoms with Crippen molar-refractivity contribution in [2.45, 2.75) is 25.9 Å². The summed E-state index contributed by atoms with van der Waals surface area (Å²) in [4.78, 5) is 2.30. The fraction of sp³-hybridized carbons (Fsp3) is 0.538. The summed E-state index contributed by atoms with van der Waals surface area (Å²) in [6.45, 7) is 3.06. The van der Waals surface area contributed by atoms with Gasteiger partial charge in [0.15, 0.2) is 0 Å². The zero-order chi connectivity index (χ0) is 13.7. The average Bonchev–Trinajstić information content (AvgIpc) is 2.32. The second-order valence-corrected chi connectivity index (χ2v) is 6.32. The van der Waals surface area contributed by atoms with Gasteiger partial charge in [-0.3, -0.25) is 4.90 Å². The summed E-state index contributed by atoms with van der Waals surface area (Å²) < 4.78 is 0. The molecule has 1 rings (SSSR count). The van der Waals surface area contributed by atoms with E-state index < -0.39 is 0 Å². The molecule has 1 atom stereocenters. The third-order valence-electron chi connectivity index (χ3n) is 3.06. The summed E-state index contributed by atoms with van der Waals surface area (Å²) in [5.41, 5.74) is 7.28. The molecule has 0 fully saturated rings. The van der Waals surface area contributed by atoms with Gasteiger partial charge < -0.3 is 5.73 Å². The van der Waals surface area contributed by atoms with Crippen LogP contribution in [-0.2, 0) is 6.54 Å². The van der Waals surface area contributed by atoms with Crippen molar-refractivity contribution in [2.24, 2.45) is 0 Å². The zero-order valence-corrected chi connectivity index (χ0v) is 13.4. The molecular weight excluding hydrogens is 287 g/mol. The van der Waals surface area contributed by atoms with Crippen molar-refractivity contribution in [2.75, 3.05) is 24.8 Å². The van der Waals surface area contributed by atoms with E-state index >= 15 is 0 Å². The van der Waals surface area contributed by atoms with Crippen LogP contribution in [-0.4, -0.2) is 30.0 Å². The number of hydrogen-bond donors (Lipinski definition) is 1. The SMILES string of the molecule is CSCCC(C)N(C)Cc1cc(Cl)c(N)c(Cl)c1. The number of halogens is 2. The lowest BCUT2D eigenvalue weighted by Gasteiger charge is -2.24. The molecule has 0 saturated carbocycles. The first-order valence-electron chi connectivity index (χ1n) is 5.88. The molecule has 2 N–H and O–H groups in total. The summed E-state index contributed by atoms with van der Waals surface area (Å²) in [5.74, 6) is 1.18. The Kier molecular flexibility index (Phi) is 6.64. The second kappa shape index (κ2) is 7.49. The maximum absolute atomic E-state index is 6.03. The maximum atomic E-state index is 6.03. The standard InChI is InChI=1S/C13H20Cl2N2S/c1-9(4-5-18-3)17(2)8-10-6-11(14)13(16)12(15)7-10/h6-7,9H,4-5,8,16H2,1-3H3. The fourth-order valence-corrected chi connectivity index (χ4v) is 2.79. The highest BCUT2D eigenvalue weighted by molar-refractivity contribution is 7.98. The summed E-state index contributed by atoms with van der Waals surface area (Å²) in [6, 6.07) is 4.31. The number of anilines is 1. The molecule has 0 heterocycles.